The van der Waals surface area contributed by atoms with E-state index in [-0.39, 0.29) is 24.2 Å². The first-order valence-electron chi connectivity index (χ1n) is 7.61. The van der Waals surface area contributed by atoms with Crippen molar-refractivity contribution in [1.29, 1.82) is 0 Å². The highest BCUT2D eigenvalue weighted by Gasteiger charge is 2.35. The third-order valence-corrected chi connectivity index (χ3v) is 4.63. The fourth-order valence-corrected chi connectivity index (χ4v) is 3.13. The Morgan fingerprint density at radius 1 is 1.17 bits per heavy atom. The van der Waals surface area contributed by atoms with Gasteiger partial charge in [-0.1, -0.05) is 47.5 Å². The fraction of sp³-hybridized carbons (Fsp3) is 0.222. The number of amides is 2. The van der Waals surface area contributed by atoms with Crippen LogP contribution in [-0.2, 0) is 16.1 Å². The molecule has 0 aliphatic carbocycles. The van der Waals surface area contributed by atoms with Crippen LogP contribution in [0.4, 0.5) is 5.69 Å². The summed E-state index contributed by atoms with van der Waals surface area (Å²) in [6.07, 6.45) is 0.195. The van der Waals surface area contributed by atoms with E-state index >= 15 is 0 Å². The molecule has 24 heavy (non-hydrogen) atoms. The molecule has 1 aliphatic heterocycles. The van der Waals surface area contributed by atoms with E-state index in [9.17, 15) is 9.59 Å². The van der Waals surface area contributed by atoms with E-state index in [0.29, 0.717) is 28.8 Å². The maximum atomic E-state index is 12.4. The number of hydrogen-bond acceptors (Lipinski definition) is 2. The number of nitrogens with one attached hydrogen (secondary N) is 1. The van der Waals surface area contributed by atoms with Gasteiger partial charge in [0, 0.05) is 35.2 Å². The Bertz CT molecular complexity index is 779. The van der Waals surface area contributed by atoms with Crippen LogP contribution in [0.15, 0.2) is 48.5 Å². The van der Waals surface area contributed by atoms with Gasteiger partial charge in [-0.3, -0.25) is 9.59 Å². The average molecular weight is 363 g/mol. The molecule has 0 aromatic heterocycles. The largest absolute Gasteiger partial charge is 0.352 e. The van der Waals surface area contributed by atoms with Crippen molar-refractivity contribution >= 4 is 40.7 Å². The summed E-state index contributed by atoms with van der Waals surface area (Å²) >= 11 is 12.1. The maximum Gasteiger partial charge on any atom is 0.227 e. The summed E-state index contributed by atoms with van der Waals surface area (Å²) in [6, 6.07) is 14.4. The molecule has 0 radical (unpaired) electrons. The van der Waals surface area contributed by atoms with E-state index in [1.54, 1.807) is 29.2 Å². The third kappa shape index (κ3) is 3.71. The van der Waals surface area contributed by atoms with Crippen LogP contribution in [-0.4, -0.2) is 18.4 Å². The molecular weight excluding hydrogens is 347 g/mol. The minimum atomic E-state index is -0.376. The lowest BCUT2D eigenvalue weighted by Gasteiger charge is -2.17. The van der Waals surface area contributed by atoms with Gasteiger partial charge in [-0.2, -0.15) is 0 Å². The highest BCUT2D eigenvalue weighted by atomic mass is 35.5. The Labute approximate surface area is 150 Å². The second-order valence-corrected chi connectivity index (χ2v) is 6.54. The number of anilines is 1. The molecule has 3 rings (SSSR count). The van der Waals surface area contributed by atoms with Gasteiger partial charge >= 0.3 is 0 Å². The summed E-state index contributed by atoms with van der Waals surface area (Å²) in [4.78, 5) is 26.2. The van der Waals surface area contributed by atoms with Crippen LogP contribution in [0.1, 0.15) is 12.0 Å². The van der Waals surface area contributed by atoms with E-state index in [1.165, 1.54) is 0 Å². The minimum Gasteiger partial charge on any atom is -0.352 e. The highest BCUT2D eigenvalue weighted by Crippen LogP contribution is 2.27. The topological polar surface area (TPSA) is 49.4 Å². The molecule has 6 heteroatoms. The van der Waals surface area contributed by atoms with Gasteiger partial charge in [0.15, 0.2) is 0 Å². The molecule has 4 nitrogen and oxygen atoms in total. The number of carbonyl (C=O) groups excluding carboxylic acids is 2. The molecule has 2 aromatic carbocycles. The fourth-order valence-electron chi connectivity index (χ4n) is 2.75. The lowest BCUT2D eigenvalue weighted by atomic mass is 10.1. The molecule has 0 unspecified atom stereocenters. The van der Waals surface area contributed by atoms with Crippen molar-refractivity contribution in [3.63, 3.8) is 0 Å². The van der Waals surface area contributed by atoms with Gasteiger partial charge in [0.1, 0.15) is 0 Å². The summed E-state index contributed by atoms with van der Waals surface area (Å²) in [7, 11) is 0. The Balaban J connectivity index is 1.63. The van der Waals surface area contributed by atoms with Crippen molar-refractivity contribution < 1.29 is 9.59 Å². The molecule has 1 N–H and O–H groups in total. The van der Waals surface area contributed by atoms with E-state index in [0.717, 1.165) is 5.56 Å². The Morgan fingerprint density at radius 2 is 1.96 bits per heavy atom. The number of halogens is 2. The lowest BCUT2D eigenvalue weighted by Crippen LogP contribution is -2.32. The summed E-state index contributed by atoms with van der Waals surface area (Å²) < 4.78 is 0. The Morgan fingerprint density at radius 3 is 2.71 bits per heavy atom. The zero-order valence-corrected chi connectivity index (χ0v) is 14.3. The van der Waals surface area contributed by atoms with Crippen molar-refractivity contribution in [1.82, 2.24) is 5.32 Å². The van der Waals surface area contributed by atoms with Gasteiger partial charge in [0.25, 0.3) is 0 Å². The van der Waals surface area contributed by atoms with Crippen LogP contribution in [0, 0.1) is 5.92 Å². The Kier molecular flexibility index (Phi) is 5.07. The van der Waals surface area contributed by atoms with Crippen LogP contribution >= 0.6 is 23.2 Å². The van der Waals surface area contributed by atoms with E-state index < -0.39 is 0 Å². The van der Waals surface area contributed by atoms with Crippen molar-refractivity contribution in [3.05, 3.63) is 64.1 Å². The van der Waals surface area contributed by atoms with Crippen LogP contribution in [0.3, 0.4) is 0 Å². The lowest BCUT2D eigenvalue weighted by molar-refractivity contribution is -0.126. The SMILES string of the molecule is O=C(NCc1ccccc1Cl)[C@@H]1CC(=O)N(c2cccc(Cl)c2)C1. The molecule has 1 fully saturated rings. The average Bonchev–Trinajstić information content (AvgIpc) is 2.96. The molecule has 1 saturated heterocycles. The summed E-state index contributed by atoms with van der Waals surface area (Å²) in [6.45, 7) is 0.702. The number of rotatable bonds is 4. The van der Waals surface area contributed by atoms with Gasteiger partial charge in [-0.15, -0.1) is 0 Å². The van der Waals surface area contributed by atoms with Crippen LogP contribution < -0.4 is 10.2 Å². The monoisotopic (exact) mass is 362 g/mol. The predicted octanol–water partition coefficient (Wildman–Crippen LogP) is 3.66. The number of nitrogens with zero attached hydrogens (tertiary/aromatic N) is 1. The zero-order chi connectivity index (χ0) is 17.1. The maximum absolute atomic E-state index is 12.4. The number of hydrogen-bond donors (Lipinski definition) is 1. The molecule has 1 heterocycles. The van der Waals surface area contributed by atoms with Crippen LogP contribution in [0.25, 0.3) is 0 Å². The Hall–Kier alpha value is -2.04. The molecule has 1 aliphatic rings. The standard InChI is InChI=1S/C18H16Cl2N2O2/c19-14-5-3-6-15(9-14)22-11-13(8-17(22)23)18(24)21-10-12-4-1-2-7-16(12)20/h1-7,9,13H,8,10-11H2,(H,21,24)/t13-/m1/s1. The van der Waals surface area contributed by atoms with Gasteiger partial charge < -0.3 is 10.2 Å². The molecule has 2 aromatic rings. The minimum absolute atomic E-state index is 0.0739. The van der Waals surface area contributed by atoms with Crippen molar-refractivity contribution in [2.45, 2.75) is 13.0 Å². The first-order valence-corrected chi connectivity index (χ1v) is 8.37. The van der Waals surface area contributed by atoms with Crippen molar-refractivity contribution in [2.24, 2.45) is 5.92 Å². The molecule has 0 spiro atoms. The summed E-state index contributed by atoms with van der Waals surface area (Å²) in [5.74, 6) is -0.595. The van der Waals surface area contributed by atoms with E-state index in [2.05, 4.69) is 5.32 Å². The smallest absolute Gasteiger partial charge is 0.227 e. The molecular formula is C18H16Cl2N2O2. The molecule has 1 atom stereocenters. The van der Waals surface area contributed by atoms with Gasteiger partial charge in [-0.25, -0.2) is 0 Å². The van der Waals surface area contributed by atoms with Gasteiger partial charge in [-0.05, 0) is 29.8 Å². The summed E-state index contributed by atoms with van der Waals surface area (Å²) in [5.41, 5.74) is 1.57. The molecule has 2 amide bonds. The predicted molar refractivity (Wildman–Crippen MR) is 95.2 cm³/mol. The van der Waals surface area contributed by atoms with E-state index in [4.69, 9.17) is 23.2 Å². The second-order valence-electron chi connectivity index (χ2n) is 5.69. The number of carbonyl (C=O) groups is 2. The van der Waals surface area contributed by atoms with Crippen LogP contribution in [0.5, 0.6) is 0 Å². The van der Waals surface area contributed by atoms with Crippen molar-refractivity contribution in [3.8, 4) is 0 Å². The van der Waals surface area contributed by atoms with Gasteiger partial charge in [0.2, 0.25) is 11.8 Å². The van der Waals surface area contributed by atoms with Crippen LogP contribution in [0.2, 0.25) is 10.0 Å². The number of benzene rings is 2. The first-order chi connectivity index (χ1) is 11.5. The third-order valence-electron chi connectivity index (χ3n) is 4.03. The van der Waals surface area contributed by atoms with Gasteiger partial charge in [0.05, 0.1) is 5.92 Å². The molecule has 0 saturated carbocycles. The normalized spacial score (nSPS) is 17.2. The zero-order valence-electron chi connectivity index (χ0n) is 12.8. The molecule has 124 valence electrons. The first kappa shape index (κ1) is 16.8. The molecule has 0 bridgehead atoms. The quantitative estimate of drug-likeness (QED) is 0.901. The van der Waals surface area contributed by atoms with E-state index in [1.807, 2.05) is 24.3 Å². The highest BCUT2D eigenvalue weighted by molar-refractivity contribution is 6.31. The second kappa shape index (κ2) is 7.24. The van der Waals surface area contributed by atoms with Crippen molar-refractivity contribution in [2.75, 3.05) is 11.4 Å². The summed E-state index contributed by atoms with van der Waals surface area (Å²) in [5, 5.41) is 4.03.